The molecule has 0 aliphatic carbocycles. The lowest BCUT2D eigenvalue weighted by Crippen LogP contribution is -2.25. The quantitative estimate of drug-likeness (QED) is 0.754. The van der Waals surface area contributed by atoms with E-state index in [9.17, 15) is 8.42 Å². The predicted molar refractivity (Wildman–Crippen MR) is 56.5 cm³/mol. The molecule has 8 nitrogen and oxygen atoms in total. The monoisotopic (exact) mass is 257 g/mol. The van der Waals surface area contributed by atoms with Crippen molar-refractivity contribution in [2.75, 3.05) is 6.54 Å². The summed E-state index contributed by atoms with van der Waals surface area (Å²) in [6, 6.07) is 0. The number of H-pyrrole nitrogens is 1. The first-order chi connectivity index (χ1) is 8.08. The molecular weight excluding hydrogens is 246 g/mol. The van der Waals surface area contributed by atoms with Crippen LogP contribution in [0, 0.1) is 6.92 Å². The lowest BCUT2D eigenvalue weighted by Gasteiger charge is -2.01. The highest BCUT2D eigenvalue weighted by Crippen LogP contribution is 2.04. The third-order valence-corrected chi connectivity index (χ3v) is 3.41. The summed E-state index contributed by atoms with van der Waals surface area (Å²) in [5, 5.41) is 9.61. The fourth-order valence-corrected chi connectivity index (χ4v) is 2.14. The van der Waals surface area contributed by atoms with Crippen LogP contribution in [-0.2, 0) is 16.4 Å². The second-order valence-corrected chi connectivity index (χ2v) is 5.08. The van der Waals surface area contributed by atoms with Gasteiger partial charge in [-0.05, 0) is 6.92 Å². The van der Waals surface area contributed by atoms with Gasteiger partial charge in [0.2, 0.25) is 15.9 Å². The van der Waals surface area contributed by atoms with Gasteiger partial charge >= 0.3 is 0 Å². The molecule has 2 aromatic heterocycles. The van der Waals surface area contributed by atoms with Crippen LogP contribution >= 0.6 is 0 Å². The molecule has 2 aromatic rings. The number of nitrogens with zero attached hydrogens (tertiary/aromatic N) is 3. The molecule has 17 heavy (non-hydrogen) atoms. The number of aryl methyl sites for hydroxylation is 1. The molecule has 9 heteroatoms. The Morgan fingerprint density at radius 3 is 2.94 bits per heavy atom. The van der Waals surface area contributed by atoms with E-state index in [2.05, 4.69) is 25.1 Å². The van der Waals surface area contributed by atoms with Crippen LogP contribution < -0.4 is 4.72 Å². The normalized spacial score (nSPS) is 11.8. The van der Waals surface area contributed by atoms with Gasteiger partial charge in [-0.1, -0.05) is 5.16 Å². The highest BCUT2D eigenvalue weighted by molar-refractivity contribution is 7.89. The molecule has 0 atom stereocenters. The Morgan fingerprint density at radius 1 is 1.53 bits per heavy atom. The van der Waals surface area contributed by atoms with E-state index in [0.29, 0.717) is 18.1 Å². The summed E-state index contributed by atoms with van der Waals surface area (Å²) in [7, 11) is -3.51. The van der Waals surface area contributed by atoms with Crippen molar-refractivity contribution in [1.82, 2.24) is 25.1 Å². The number of nitrogens with one attached hydrogen (secondary N) is 2. The van der Waals surface area contributed by atoms with E-state index >= 15 is 0 Å². The fraction of sp³-hybridized carbons (Fsp3) is 0.375. The molecule has 2 N–H and O–H groups in total. The highest BCUT2D eigenvalue weighted by Gasteiger charge is 2.14. The first-order valence-corrected chi connectivity index (χ1v) is 6.34. The van der Waals surface area contributed by atoms with E-state index < -0.39 is 10.0 Å². The second-order valence-electron chi connectivity index (χ2n) is 3.32. The van der Waals surface area contributed by atoms with Gasteiger partial charge in [-0.3, -0.25) is 5.10 Å². The summed E-state index contributed by atoms with van der Waals surface area (Å²) in [4.78, 5) is 4.06. The first-order valence-electron chi connectivity index (χ1n) is 4.85. The summed E-state index contributed by atoms with van der Waals surface area (Å²) in [5.41, 5.74) is 0. The Bertz CT molecular complexity index is 574. The minimum Gasteiger partial charge on any atom is -0.339 e. The first kappa shape index (κ1) is 11.7. The van der Waals surface area contributed by atoms with Crippen molar-refractivity contribution < 1.29 is 12.9 Å². The van der Waals surface area contributed by atoms with E-state index in [1.54, 1.807) is 6.92 Å². The molecular formula is C8H11N5O3S. The van der Waals surface area contributed by atoms with Crippen molar-refractivity contribution in [3.05, 3.63) is 24.1 Å². The van der Waals surface area contributed by atoms with Crippen LogP contribution in [0.5, 0.6) is 0 Å². The maximum atomic E-state index is 11.7. The average molecular weight is 257 g/mol. The summed E-state index contributed by atoms with van der Waals surface area (Å²) >= 11 is 0. The zero-order chi connectivity index (χ0) is 12.3. The van der Waals surface area contributed by atoms with Crippen molar-refractivity contribution in [2.45, 2.75) is 18.2 Å². The van der Waals surface area contributed by atoms with Crippen molar-refractivity contribution in [2.24, 2.45) is 0 Å². The zero-order valence-corrected chi connectivity index (χ0v) is 9.86. The van der Waals surface area contributed by atoms with E-state index in [4.69, 9.17) is 4.52 Å². The molecule has 0 bridgehead atoms. The van der Waals surface area contributed by atoms with Crippen LogP contribution in [0.15, 0.2) is 21.8 Å². The standard InChI is InChI=1S/C8H11N5O3S/c1-6-12-8(16-13-6)2-3-11-17(14,15)7-4-9-10-5-7/h4-5,11H,2-3H2,1H3,(H,9,10). The van der Waals surface area contributed by atoms with Gasteiger partial charge in [-0.15, -0.1) is 0 Å². The summed E-state index contributed by atoms with van der Waals surface area (Å²) in [6.07, 6.45) is 2.89. The lowest BCUT2D eigenvalue weighted by atomic mass is 10.4. The molecule has 0 saturated heterocycles. The molecule has 0 saturated carbocycles. The fourth-order valence-electron chi connectivity index (χ4n) is 1.20. The van der Waals surface area contributed by atoms with Crippen LogP contribution in [0.25, 0.3) is 0 Å². The van der Waals surface area contributed by atoms with Crippen LogP contribution in [-0.4, -0.2) is 35.3 Å². The summed E-state index contributed by atoms with van der Waals surface area (Å²) in [5.74, 6) is 0.926. The van der Waals surface area contributed by atoms with Gasteiger partial charge in [0.05, 0.1) is 6.20 Å². The Balaban J connectivity index is 1.91. The highest BCUT2D eigenvalue weighted by atomic mass is 32.2. The van der Waals surface area contributed by atoms with Gasteiger partial charge in [0.15, 0.2) is 5.82 Å². The van der Waals surface area contributed by atoms with Gasteiger partial charge in [0, 0.05) is 19.2 Å². The number of aromatic amines is 1. The molecule has 0 fully saturated rings. The Labute approximate surface area is 97.5 Å². The molecule has 0 aromatic carbocycles. The third-order valence-electron chi connectivity index (χ3n) is 1.98. The lowest BCUT2D eigenvalue weighted by molar-refractivity contribution is 0.375. The third kappa shape index (κ3) is 2.88. The summed E-state index contributed by atoms with van der Waals surface area (Å²) < 4.78 is 30.6. The van der Waals surface area contributed by atoms with E-state index in [1.807, 2.05) is 0 Å². The molecule has 0 radical (unpaired) electrons. The van der Waals surface area contributed by atoms with Crippen molar-refractivity contribution >= 4 is 10.0 Å². The Morgan fingerprint density at radius 2 is 2.35 bits per heavy atom. The van der Waals surface area contributed by atoms with Crippen molar-refractivity contribution in [3.63, 3.8) is 0 Å². The molecule has 0 unspecified atom stereocenters. The number of aromatic nitrogens is 4. The minimum atomic E-state index is -3.51. The molecule has 0 spiro atoms. The predicted octanol–water partition coefficient (Wildman–Crippen LogP) is -0.378. The van der Waals surface area contributed by atoms with Crippen molar-refractivity contribution in [3.8, 4) is 0 Å². The molecule has 92 valence electrons. The molecule has 0 aliphatic heterocycles. The van der Waals surface area contributed by atoms with E-state index in [1.165, 1.54) is 12.4 Å². The van der Waals surface area contributed by atoms with Crippen LogP contribution in [0.2, 0.25) is 0 Å². The van der Waals surface area contributed by atoms with Gasteiger partial charge in [-0.2, -0.15) is 10.1 Å². The van der Waals surface area contributed by atoms with Crippen LogP contribution in [0.4, 0.5) is 0 Å². The van der Waals surface area contributed by atoms with Gasteiger partial charge in [-0.25, -0.2) is 13.1 Å². The van der Waals surface area contributed by atoms with Crippen molar-refractivity contribution in [1.29, 1.82) is 0 Å². The Hall–Kier alpha value is -1.74. The molecule has 2 heterocycles. The summed E-state index contributed by atoms with van der Waals surface area (Å²) in [6.45, 7) is 1.89. The van der Waals surface area contributed by atoms with E-state index in [-0.39, 0.29) is 11.4 Å². The van der Waals surface area contributed by atoms with Gasteiger partial charge in [0.25, 0.3) is 0 Å². The molecule has 0 aliphatic rings. The number of rotatable bonds is 5. The molecule has 0 amide bonds. The SMILES string of the molecule is Cc1noc(CCNS(=O)(=O)c2cn[nH]c2)n1. The maximum Gasteiger partial charge on any atom is 0.243 e. The number of sulfonamides is 1. The maximum absolute atomic E-state index is 11.7. The van der Waals surface area contributed by atoms with Gasteiger partial charge in [0.1, 0.15) is 4.90 Å². The smallest absolute Gasteiger partial charge is 0.243 e. The Kier molecular flexibility index (Phi) is 3.20. The van der Waals surface area contributed by atoms with E-state index in [0.717, 1.165) is 0 Å². The minimum absolute atomic E-state index is 0.0965. The average Bonchev–Trinajstić information content (AvgIpc) is 2.89. The topological polar surface area (TPSA) is 114 Å². The second kappa shape index (κ2) is 4.63. The zero-order valence-electron chi connectivity index (χ0n) is 9.04. The van der Waals surface area contributed by atoms with Crippen LogP contribution in [0.3, 0.4) is 0 Å². The molecule has 2 rings (SSSR count). The van der Waals surface area contributed by atoms with Crippen LogP contribution in [0.1, 0.15) is 11.7 Å². The number of hydrogen-bond acceptors (Lipinski definition) is 6. The van der Waals surface area contributed by atoms with Gasteiger partial charge < -0.3 is 4.52 Å². The number of hydrogen-bond donors (Lipinski definition) is 2. The largest absolute Gasteiger partial charge is 0.339 e.